The molecule has 4 rings (SSSR count). The van der Waals surface area contributed by atoms with Gasteiger partial charge in [-0.05, 0) is 36.0 Å². The summed E-state index contributed by atoms with van der Waals surface area (Å²) in [6.45, 7) is 0. The number of hydrogen-bond acceptors (Lipinski definition) is 2. The zero-order valence-corrected chi connectivity index (χ0v) is 12.1. The van der Waals surface area contributed by atoms with Crippen LogP contribution in [-0.2, 0) is 9.59 Å². The number of carbonyl (C=O) groups excluding carboxylic acids is 2. The van der Waals surface area contributed by atoms with Gasteiger partial charge < -0.3 is 0 Å². The monoisotopic (exact) mass is 306 g/mol. The van der Waals surface area contributed by atoms with E-state index in [9.17, 15) is 9.59 Å². The third-order valence-corrected chi connectivity index (χ3v) is 5.52. The van der Waals surface area contributed by atoms with E-state index in [2.05, 4.69) is 12.2 Å². The average molecular weight is 307 g/mol. The Bertz CT molecular complexity index is 634. The standard InChI is InChI=1S/C16H12Cl2O2/c17-9-3-4-10(11(18)6-9)14-15(19)12-7-1-2-8(5-7)13(12)16(14)20/h1-4,6-8,12-14H,5H2. The van der Waals surface area contributed by atoms with Crippen molar-refractivity contribution < 1.29 is 9.59 Å². The van der Waals surface area contributed by atoms with E-state index in [0.29, 0.717) is 15.6 Å². The van der Waals surface area contributed by atoms with Gasteiger partial charge in [0.15, 0.2) is 11.6 Å². The molecular weight excluding hydrogens is 295 g/mol. The van der Waals surface area contributed by atoms with E-state index in [1.807, 2.05) is 0 Å². The maximum Gasteiger partial charge on any atom is 0.152 e. The van der Waals surface area contributed by atoms with Gasteiger partial charge in [0, 0.05) is 21.9 Å². The summed E-state index contributed by atoms with van der Waals surface area (Å²) in [6, 6.07) is 4.99. The van der Waals surface area contributed by atoms with E-state index in [1.54, 1.807) is 18.2 Å². The number of ketones is 2. The number of halogens is 2. The Kier molecular flexibility index (Phi) is 2.64. The molecule has 0 aliphatic heterocycles. The van der Waals surface area contributed by atoms with Crippen molar-refractivity contribution in [2.45, 2.75) is 12.3 Å². The first-order valence-electron chi connectivity index (χ1n) is 6.78. The molecule has 2 nitrogen and oxygen atoms in total. The molecule has 20 heavy (non-hydrogen) atoms. The Balaban J connectivity index is 1.78. The molecule has 3 aliphatic rings. The number of benzene rings is 1. The van der Waals surface area contributed by atoms with Crippen LogP contribution in [0.3, 0.4) is 0 Å². The molecule has 2 fully saturated rings. The lowest BCUT2D eigenvalue weighted by Gasteiger charge is -2.16. The SMILES string of the molecule is O=C1C(c2ccc(Cl)cc2Cl)C(=O)C2C3C=CC(C3)C12. The summed E-state index contributed by atoms with van der Waals surface area (Å²) in [5.74, 6) is -0.374. The minimum atomic E-state index is -0.694. The third kappa shape index (κ3) is 1.52. The van der Waals surface area contributed by atoms with Crippen LogP contribution in [0.5, 0.6) is 0 Å². The molecule has 1 aromatic carbocycles. The average Bonchev–Trinajstić information content (AvgIpc) is 3.06. The highest BCUT2D eigenvalue weighted by Gasteiger charge is 2.60. The summed E-state index contributed by atoms with van der Waals surface area (Å²) >= 11 is 12.1. The first-order chi connectivity index (χ1) is 9.58. The zero-order chi connectivity index (χ0) is 14.0. The van der Waals surface area contributed by atoms with Crippen molar-refractivity contribution >= 4 is 34.8 Å². The molecule has 2 saturated carbocycles. The summed E-state index contributed by atoms with van der Waals surface area (Å²) in [5, 5.41) is 0.919. The van der Waals surface area contributed by atoms with Gasteiger partial charge in [-0.2, -0.15) is 0 Å². The lowest BCUT2D eigenvalue weighted by molar-refractivity contribution is -0.125. The molecule has 3 aliphatic carbocycles. The van der Waals surface area contributed by atoms with Crippen molar-refractivity contribution in [1.82, 2.24) is 0 Å². The highest BCUT2D eigenvalue weighted by atomic mass is 35.5. The van der Waals surface area contributed by atoms with E-state index in [4.69, 9.17) is 23.2 Å². The molecule has 0 N–H and O–H groups in total. The molecule has 0 aromatic heterocycles. The Morgan fingerprint density at radius 3 is 2.10 bits per heavy atom. The predicted molar refractivity (Wildman–Crippen MR) is 76.9 cm³/mol. The fourth-order valence-electron chi connectivity index (χ4n) is 4.17. The molecule has 0 saturated heterocycles. The van der Waals surface area contributed by atoms with Crippen molar-refractivity contribution in [3.8, 4) is 0 Å². The first kappa shape index (κ1) is 12.6. The van der Waals surface area contributed by atoms with Crippen LogP contribution in [0.15, 0.2) is 30.4 Å². The van der Waals surface area contributed by atoms with Gasteiger partial charge in [0.05, 0.1) is 0 Å². The summed E-state index contributed by atoms with van der Waals surface area (Å²) in [5.41, 5.74) is 0.611. The molecule has 1 aromatic rings. The van der Waals surface area contributed by atoms with Crippen molar-refractivity contribution in [1.29, 1.82) is 0 Å². The van der Waals surface area contributed by atoms with Crippen molar-refractivity contribution in [2.24, 2.45) is 23.7 Å². The van der Waals surface area contributed by atoms with Gasteiger partial charge in [-0.3, -0.25) is 9.59 Å². The fourth-order valence-corrected chi connectivity index (χ4v) is 4.68. The van der Waals surface area contributed by atoms with E-state index in [-0.39, 0.29) is 35.2 Å². The van der Waals surface area contributed by atoms with Crippen LogP contribution in [0.1, 0.15) is 17.9 Å². The van der Waals surface area contributed by atoms with Crippen LogP contribution in [0.2, 0.25) is 10.0 Å². The molecule has 0 radical (unpaired) electrons. The van der Waals surface area contributed by atoms with Crippen LogP contribution < -0.4 is 0 Å². The van der Waals surface area contributed by atoms with Crippen LogP contribution in [0.25, 0.3) is 0 Å². The van der Waals surface area contributed by atoms with E-state index in [1.165, 1.54) is 0 Å². The second kappa shape index (κ2) is 4.19. The van der Waals surface area contributed by atoms with Gasteiger partial charge in [0.2, 0.25) is 0 Å². The number of fused-ring (bicyclic) bond motifs is 5. The lowest BCUT2D eigenvalue weighted by Crippen LogP contribution is -2.21. The Hall–Kier alpha value is -1.12. The highest BCUT2D eigenvalue weighted by Crippen LogP contribution is 2.56. The minimum absolute atomic E-state index is 0.0427. The van der Waals surface area contributed by atoms with Crippen molar-refractivity contribution in [3.05, 3.63) is 46.0 Å². The van der Waals surface area contributed by atoms with Crippen LogP contribution in [0.4, 0.5) is 0 Å². The first-order valence-corrected chi connectivity index (χ1v) is 7.54. The van der Waals surface area contributed by atoms with Gasteiger partial charge in [-0.25, -0.2) is 0 Å². The van der Waals surface area contributed by atoms with E-state index in [0.717, 1.165) is 6.42 Å². The normalized spacial score (nSPS) is 37.8. The molecule has 4 atom stereocenters. The molecule has 2 bridgehead atoms. The van der Waals surface area contributed by atoms with E-state index >= 15 is 0 Å². The number of hydrogen-bond donors (Lipinski definition) is 0. The minimum Gasteiger partial charge on any atom is -0.298 e. The molecule has 0 spiro atoms. The maximum absolute atomic E-state index is 12.7. The summed E-state index contributed by atoms with van der Waals surface area (Å²) in [7, 11) is 0. The second-order valence-corrected chi connectivity index (χ2v) is 6.75. The fraction of sp³-hybridized carbons (Fsp3) is 0.375. The molecule has 4 unspecified atom stereocenters. The highest BCUT2D eigenvalue weighted by molar-refractivity contribution is 6.36. The maximum atomic E-state index is 12.7. The Labute approximate surface area is 126 Å². The van der Waals surface area contributed by atoms with Crippen LogP contribution >= 0.6 is 23.2 Å². The molecular formula is C16H12Cl2O2. The van der Waals surface area contributed by atoms with Crippen LogP contribution in [-0.4, -0.2) is 11.6 Å². The molecule has 4 heteroatoms. The van der Waals surface area contributed by atoms with Gasteiger partial charge in [-0.15, -0.1) is 0 Å². The second-order valence-electron chi connectivity index (χ2n) is 5.90. The van der Waals surface area contributed by atoms with Crippen LogP contribution in [0, 0.1) is 23.7 Å². The Morgan fingerprint density at radius 2 is 1.55 bits per heavy atom. The van der Waals surface area contributed by atoms with Gasteiger partial charge in [0.1, 0.15) is 5.92 Å². The number of rotatable bonds is 1. The number of allylic oxidation sites excluding steroid dienone is 2. The van der Waals surface area contributed by atoms with Gasteiger partial charge >= 0.3 is 0 Å². The molecule has 0 heterocycles. The smallest absolute Gasteiger partial charge is 0.152 e. The van der Waals surface area contributed by atoms with Gasteiger partial charge in [-0.1, -0.05) is 41.4 Å². The zero-order valence-electron chi connectivity index (χ0n) is 10.6. The van der Waals surface area contributed by atoms with E-state index < -0.39 is 5.92 Å². The van der Waals surface area contributed by atoms with Crippen molar-refractivity contribution in [2.75, 3.05) is 0 Å². The molecule has 102 valence electrons. The molecule has 0 amide bonds. The van der Waals surface area contributed by atoms with Gasteiger partial charge in [0.25, 0.3) is 0 Å². The van der Waals surface area contributed by atoms with Crippen molar-refractivity contribution in [3.63, 3.8) is 0 Å². The predicted octanol–water partition coefficient (Wildman–Crippen LogP) is 3.67. The number of Topliss-reactive ketones (excluding diaryl/α,β-unsaturated/α-hetero) is 2. The Morgan fingerprint density at radius 1 is 0.950 bits per heavy atom. The topological polar surface area (TPSA) is 34.1 Å². The lowest BCUT2D eigenvalue weighted by atomic mass is 9.85. The summed E-state index contributed by atoms with van der Waals surface area (Å²) in [6.07, 6.45) is 5.15. The largest absolute Gasteiger partial charge is 0.298 e. The quantitative estimate of drug-likeness (QED) is 0.586. The number of carbonyl (C=O) groups is 2. The summed E-state index contributed by atoms with van der Waals surface area (Å²) in [4.78, 5) is 25.4. The summed E-state index contributed by atoms with van der Waals surface area (Å²) < 4.78 is 0. The third-order valence-electron chi connectivity index (χ3n) is 4.96.